The lowest BCUT2D eigenvalue weighted by Crippen LogP contribution is -2.49. The number of carbonyl (C=O) groups is 1. The number of likely N-dealkylation sites (N-methyl/N-ethyl adjacent to an activating group) is 1. The number of ether oxygens (including phenoxy) is 2. The minimum atomic E-state index is -0.0575. The quantitative estimate of drug-likeness (QED) is 0.542. The molecule has 0 N–H and O–H groups in total. The zero-order chi connectivity index (χ0) is 12.9. The van der Waals surface area contributed by atoms with Crippen LogP contribution in [0.4, 0.5) is 0 Å². The number of cyclic esters (lactones) is 1. The monoisotopic (exact) mass is 244 g/mol. The van der Waals surface area contributed by atoms with Crippen molar-refractivity contribution in [1.82, 2.24) is 0 Å². The minimum absolute atomic E-state index is 0.0575. The van der Waals surface area contributed by atoms with E-state index in [1.165, 1.54) is 0 Å². The van der Waals surface area contributed by atoms with Crippen molar-refractivity contribution in [3.05, 3.63) is 0 Å². The van der Waals surface area contributed by atoms with Crippen LogP contribution in [0.25, 0.3) is 0 Å². The van der Waals surface area contributed by atoms with Gasteiger partial charge in [-0.05, 0) is 13.8 Å². The van der Waals surface area contributed by atoms with Crippen molar-refractivity contribution in [3.8, 4) is 0 Å². The largest absolute Gasteiger partial charge is 0.460 e. The molecule has 0 aliphatic carbocycles. The molecule has 1 heterocycles. The first-order valence-corrected chi connectivity index (χ1v) is 6.52. The van der Waals surface area contributed by atoms with Gasteiger partial charge in [-0.15, -0.1) is 0 Å². The Bertz CT molecular complexity index is 255. The maximum absolute atomic E-state index is 11.2. The standard InChI is InChI=1S/C13H26NO3/c1-11(2)17-10-12(3)9-14(4)6-5-13(15)16-8-7-14/h11-12H,5-10H2,1-4H3/q+1. The molecule has 2 unspecified atom stereocenters. The van der Waals surface area contributed by atoms with Crippen LogP contribution in [0, 0.1) is 5.92 Å². The van der Waals surface area contributed by atoms with Gasteiger partial charge in [0, 0.05) is 5.92 Å². The Morgan fingerprint density at radius 2 is 2.06 bits per heavy atom. The van der Waals surface area contributed by atoms with Crippen molar-refractivity contribution >= 4 is 5.97 Å². The third-order valence-electron chi connectivity index (χ3n) is 3.22. The summed E-state index contributed by atoms with van der Waals surface area (Å²) in [4.78, 5) is 11.2. The summed E-state index contributed by atoms with van der Waals surface area (Å²) in [5.74, 6) is 0.452. The van der Waals surface area contributed by atoms with Gasteiger partial charge in [0.1, 0.15) is 13.2 Å². The van der Waals surface area contributed by atoms with Crippen LogP contribution in [0.2, 0.25) is 0 Å². The Morgan fingerprint density at radius 1 is 1.35 bits per heavy atom. The van der Waals surface area contributed by atoms with Crippen molar-refractivity contribution in [2.45, 2.75) is 33.3 Å². The van der Waals surface area contributed by atoms with Crippen LogP contribution in [0.3, 0.4) is 0 Å². The van der Waals surface area contributed by atoms with E-state index in [1.807, 2.05) is 0 Å². The summed E-state index contributed by atoms with van der Waals surface area (Å²) in [7, 11) is 2.20. The summed E-state index contributed by atoms with van der Waals surface area (Å²) in [6.45, 7) is 10.5. The van der Waals surface area contributed by atoms with Crippen LogP contribution in [0.1, 0.15) is 27.2 Å². The Labute approximate surface area is 104 Å². The summed E-state index contributed by atoms with van der Waals surface area (Å²) in [6, 6.07) is 0. The lowest BCUT2D eigenvalue weighted by molar-refractivity contribution is -0.911. The zero-order valence-corrected chi connectivity index (χ0v) is 11.6. The molecule has 0 saturated carbocycles. The van der Waals surface area contributed by atoms with Gasteiger partial charge in [0.05, 0.1) is 39.3 Å². The number of rotatable bonds is 5. The number of esters is 1. The van der Waals surface area contributed by atoms with Gasteiger partial charge in [0.2, 0.25) is 0 Å². The number of hydrogen-bond acceptors (Lipinski definition) is 3. The summed E-state index contributed by atoms with van der Waals surface area (Å²) in [6.07, 6.45) is 0.825. The van der Waals surface area contributed by atoms with Crippen LogP contribution < -0.4 is 0 Å². The molecule has 2 atom stereocenters. The summed E-state index contributed by atoms with van der Waals surface area (Å²) in [5, 5.41) is 0. The molecular weight excluding hydrogens is 218 g/mol. The highest BCUT2D eigenvalue weighted by molar-refractivity contribution is 5.69. The summed E-state index contributed by atoms with van der Waals surface area (Å²) in [5.41, 5.74) is 0. The van der Waals surface area contributed by atoms with Gasteiger partial charge >= 0.3 is 5.97 Å². The third kappa shape index (κ3) is 5.50. The first kappa shape index (κ1) is 14.5. The molecule has 0 bridgehead atoms. The van der Waals surface area contributed by atoms with E-state index in [2.05, 4.69) is 27.8 Å². The highest BCUT2D eigenvalue weighted by Crippen LogP contribution is 2.14. The predicted molar refractivity (Wildman–Crippen MR) is 66.6 cm³/mol. The second-order valence-electron chi connectivity index (χ2n) is 5.71. The average Bonchev–Trinajstić information content (AvgIpc) is 2.38. The molecule has 1 aliphatic rings. The highest BCUT2D eigenvalue weighted by Gasteiger charge is 2.29. The van der Waals surface area contributed by atoms with Gasteiger partial charge in [-0.25, -0.2) is 0 Å². The zero-order valence-electron chi connectivity index (χ0n) is 11.6. The lowest BCUT2D eigenvalue weighted by atomic mass is 10.1. The van der Waals surface area contributed by atoms with E-state index in [0.29, 0.717) is 18.9 Å². The molecule has 0 aromatic rings. The number of quaternary nitrogens is 1. The second-order valence-corrected chi connectivity index (χ2v) is 5.71. The highest BCUT2D eigenvalue weighted by atomic mass is 16.5. The van der Waals surface area contributed by atoms with Crippen LogP contribution in [0.15, 0.2) is 0 Å². The number of hydrogen-bond donors (Lipinski definition) is 0. The van der Waals surface area contributed by atoms with Crippen LogP contribution in [0.5, 0.6) is 0 Å². The third-order valence-corrected chi connectivity index (χ3v) is 3.22. The Balaban J connectivity index is 2.39. The van der Waals surface area contributed by atoms with Crippen molar-refractivity contribution in [2.75, 3.05) is 39.9 Å². The molecule has 1 rings (SSSR count). The smallest absolute Gasteiger partial charge is 0.311 e. The van der Waals surface area contributed by atoms with E-state index >= 15 is 0 Å². The van der Waals surface area contributed by atoms with E-state index in [4.69, 9.17) is 9.47 Å². The second kappa shape index (κ2) is 6.36. The molecule has 100 valence electrons. The van der Waals surface area contributed by atoms with E-state index in [9.17, 15) is 4.79 Å². The van der Waals surface area contributed by atoms with Crippen LogP contribution in [-0.2, 0) is 14.3 Å². The first-order valence-electron chi connectivity index (χ1n) is 6.52. The molecule has 1 fully saturated rings. The molecule has 0 amide bonds. The Kier molecular flexibility index (Phi) is 5.40. The van der Waals surface area contributed by atoms with Gasteiger partial charge in [0.15, 0.2) is 0 Å². The fraction of sp³-hybridized carbons (Fsp3) is 0.923. The molecule has 1 saturated heterocycles. The summed E-state index contributed by atoms with van der Waals surface area (Å²) >= 11 is 0. The molecule has 0 radical (unpaired) electrons. The fourth-order valence-electron chi connectivity index (χ4n) is 2.27. The van der Waals surface area contributed by atoms with Gasteiger partial charge in [-0.3, -0.25) is 4.79 Å². The molecule has 0 aromatic heterocycles. The topological polar surface area (TPSA) is 35.5 Å². The lowest BCUT2D eigenvalue weighted by Gasteiger charge is -2.34. The number of nitrogens with zero attached hydrogens (tertiary/aromatic N) is 1. The molecule has 1 aliphatic heterocycles. The fourth-order valence-corrected chi connectivity index (χ4v) is 2.27. The Hall–Kier alpha value is -0.610. The van der Waals surface area contributed by atoms with Crippen molar-refractivity contribution < 1.29 is 18.8 Å². The van der Waals surface area contributed by atoms with Crippen LogP contribution >= 0.6 is 0 Å². The van der Waals surface area contributed by atoms with Crippen molar-refractivity contribution in [2.24, 2.45) is 5.92 Å². The normalized spacial score (nSPS) is 27.7. The van der Waals surface area contributed by atoms with Gasteiger partial charge < -0.3 is 14.0 Å². The van der Waals surface area contributed by atoms with Gasteiger partial charge in [-0.2, -0.15) is 0 Å². The maximum Gasteiger partial charge on any atom is 0.311 e. The van der Waals surface area contributed by atoms with E-state index in [0.717, 1.165) is 30.7 Å². The SMILES string of the molecule is CC(COC(C)C)C[N+]1(C)CCOC(=O)CC1. The maximum atomic E-state index is 11.2. The average molecular weight is 244 g/mol. The van der Waals surface area contributed by atoms with Crippen LogP contribution in [-0.4, -0.2) is 56.5 Å². The molecule has 4 nitrogen and oxygen atoms in total. The molecule has 0 aromatic carbocycles. The molecule has 17 heavy (non-hydrogen) atoms. The predicted octanol–water partition coefficient (Wildman–Crippen LogP) is 1.44. The van der Waals surface area contributed by atoms with E-state index < -0.39 is 0 Å². The Morgan fingerprint density at radius 3 is 2.71 bits per heavy atom. The molecule has 4 heteroatoms. The molecular formula is C13H26NO3+. The molecule has 0 spiro atoms. The van der Waals surface area contributed by atoms with E-state index in [-0.39, 0.29) is 12.1 Å². The van der Waals surface area contributed by atoms with Crippen molar-refractivity contribution in [3.63, 3.8) is 0 Å². The van der Waals surface area contributed by atoms with Crippen molar-refractivity contribution in [1.29, 1.82) is 0 Å². The number of carbonyl (C=O) groups excluding carboxylic acids is 1. The summed E-state index contributed by atoms with van der Waals surface area (Å²) < 4.78 is 11.6. The van der Waals surface area contributed by atoms with Gasteiger partial charge in [0.25, 0.3) is 0 Å². The van der Waals surface area contributed by atoms with E-state index in [1.54, 1.807) is 0 Å². The first-order chi connectivity index (χ1) is 7.91. The van der Waals surface area contributed by atoms with Gasteiger partial charge in [-0.1, -0.05) is 6.92 Å². The minimum Gasteiger partial charge on any atom is -0.460 e.